The highest BCUT2D eigenvalue weighted by molar-refractivity contribution is 5.95. The summed E-state index contributed by atoms with van der Waals surface area (Å²) in [7, 11) is 1.78. The molecule has 1 rings (SSSR count). The van der Waals surface area contributed by atoms with Gasteiger partial charge in [-0.05, 0) is 26.1 Å². The smallest absolute Gasteiger partial charge is 0.321 e. The van der Waals surface area contributed by atoms with Crippen LogP contribution in [-0.4, -0.2) is 37.0 Å². The summed E-state index contributed by atoms with van der Waals surface area (Å²) in [6.45, 7) is 2.93. The molecule has 0 aromatic carbocycles. The summed E-state index contributed by atoms with van der Waals surface area (Å²) in [6, 6.07) is 3.15. The minimum absolute atomic E-state index is 0.137. The number of carbonyl (C=O) groups is 2. The fourth-order valence-corrected chi connectivity index (χ4v) is 1.34. The Balaban J connectivity index is 2.28. The van der Waals surface area contributed by atoms with Crippen molar-refractivity contribution in [3.8, 4) is 0 Å². The molecule has 1 aromatic rings. The number of hydrogen-bond donors (Lipinski definition) is 2. The SMILES string of the molecule is CCNC(=O)NC(=O)CN(C)Cc1ccco1. The van der Waals surface area contributed by atoms with Crippen molar-refractivity contribution >= 4 is 11.9 Å². The first kappa shape index (κ1) is 13.2. The summed E-state index contributed by atoms with van der Waals surface area (Å²) < 4.78 is 5.15. The van der Waals surface area contributed by atoms with Crippen LogP contribution in [0.25, 0.3) is 0 Å². The Labute approximate surface area is 100.0 Å². The van der Waals surface area contributed by atoms with Gasteiger partial charge in [0.1, 0.15) is 5.76 Å². The minimum Gasteiger partial charge on any atom is -0.468 e. The number of nitrogens with zero attached hydrogens (tertiary/aromatic N) is 1. The fraction of sp³-hybridized carbons (Fsp3) is 0.455. The zero-order chi connectivity index (χ0) is 12.7. The molecule has 0 bridgehead atoms. The van der Waals surface area contributed by atoms with E-state index in [1.54, 1.807) is 31.2 Å². The highest BCUT2D eigenvalue weighted by atomic mass is 16.3. The van der Waals surface area contributed by atoms with E-state index in [2.05, 4.69) is 10.6 Å². The Kier molecular flexibility index (Phi) is 5.22. The minimum atomic E-state index is -0.469. The average molecular weight is 239 g/mol. The van der Waals surface area contributed by atoms with E-state index < -0.39 is 6.03 Å². The van der Waals surface area contributed by atoms with Crippen LogP contribution in [0.4, 0.5) is 4.79 Å². The highest BCUT2D eigenvalue weighted by Crippen LogP contribution is 2.02. The summed E-state index contributed by atoms with van der Waals surface area (Å²) in [5.41, 5.74) is 0. The Bertz CT molecular complexity index is 362. The number of imide groups is 1. The molecule has 2 N–H and O–H groups in total. The number of nitrogens with one attached hydrogen (secondary N) is 2. The molecule has 0 saturated heterocycles. The van der Waals surface area contributed by atoms with Crippen LogP contribution >= 0.6 is 0 Å². The zero-order valence-electron chi connectivity index (χ0n) is 10.0. The largest absolute Gasteiger partial charge is 0.468 e. The lowest BCUT2D eigenvalue weighted by molar-refractivity contribution is -0.121. The molecule has 0 radical (unpaired) electrons. The fourth-order valence-electron chi connectivity index (χ4n) is 1.34. The van der Waals surface area contributed by atoms with Crippen molar-refractivity contribution in [2.24, 2.45) is 0 Å². The van der Waals surface area contributed by atoms with Crippen LogP contribution in [0.15, 0.2) is 22.8 Å². The molecule has 0 aliphatic heterocycles. The number of urea groups is 1. The first-order valence-corrected chi connectivity index (χ1v) is 5.40. The Morgan fingerprint density at radius 1 is 1.47 bits per heavy atom. The molecule has 6 heteroatoms. The number of furan rings is 1. The molecule has 0 fully saturated rings. The van der Waals surface area contributed by atoms with Gasteiger partial charge in [0.05, 0.1) is 19.4 Å². The average Bonchev–Trinajstić information content (AvgIpc) is 2.69. The molecule has 94 valence electrons. The maximum absolute atomic E-state index is 11.4. The molecule has 17 heavy (non-hydrogen) atoms. The van der Waals surface area contributed by atoms with E-state index in [9.17, 15) is 9.59 Å². The highest BCUT2D eigenvalue weighted by Gasteiger charge is 2.10. The summed E-state index contributed by atoms with van der Waals surface area (Å²) in [6.07, 6.45) is 1.58. The summed E-state index contributed by atoms with van der Waals surface area (Å²) in [5, 5.41) is 4.72. The van der Waals surface area contributed by atoms with Crippen LogP contribution in [0.5, 0.6) is 0 Å². The maximum atomic E-state index is 11.4. The van der Waals surface area contributed by atoms with Crippen LogP contribution in [0.3, 0.4) is 0 Å². The van der Waals surface area contributed by atoms with Gasteiger partial charge in [-0.2, -0.15) is 0 Å². The van der Waals surface area contributed by atoms with Gasteiger partial charge in [-0.15, -0.1) is 0 Å². The first-order valence-electron chi connectivity index (χ1n) is 5.40. The lowest BCUT2D eigenvalue weighted by Gasteiger charge is -2.14. The van der Waals surface area contributed by atoms with E-state index in [0.29, 0.717) is 13.1 Å². The number of rotatable bonds is 5. The second-order valence-corrected chi connectivity index (χ2v) is 3.66. The number of amides is 3. The molecule has 0 unspecified atom stereocenters. The third kappa shape index (κ3) is 5.17. The van der Waals surface area contributed by atoms with Crippen LogP contribution in [-0.2, 0) is 11.3 Å². The molecular weight excluding hydrogens is 222 g/mol. The summed E-state index contributed by atoms with van der Waals surface area (Å²) in [5.74, 6) is 0.434. The van der Waals surface area contributed by atoms with Gasteiger partial charge in [0.2, 0.25) is 5.91 Å². The lowest BCUT2D eigenvalue weighted by Crippen LogP contribution is -2.43. The predicted octanol–water partition coefficient (Wildman–Crippen LogP) is 0.557. The van der Waals surface area contributed by atoms with Crippen molar-refractivity contribution in [1.82, 2.24) is 15.5 Å². The van der Waals surface area contributed by atoms with Gasteiger partial charge < -0.3 is 9.73 Å². The third-order valence-electron chi connectivity index (χ3n) is 2.01. The predicted molar refractivity (Wildman–Crippen MR) is 62.3 cm³/mol. The van der Waals surface area contributed by atoms with Gasteiger partial charge in [0, 0.05) is 6.54 Å². The van der Waals surface area contributed by atoms with Crippen molar-refractivity contribution < 1.29 is 14.0 Å². The summed E-state index contributed by atoms with van der Waals surface area (Å²) in [4.78, 5) is 24.3. The van der Waals surface area contributed by atoms with Gasteiger partial charge in [-0.25, -0.2) is 4.79 Å². The molecule has 0 atom stereocenters. The molecule has 1 aromatic heterocycles. The molecule has 0 aliphatic rings. The van der Waals surface area contributed by atoms with Crippen molar-refractivity contribution in [3.63, 3.8) is 0 Å². The second-order valence-electron chi connectivity index (χ2n) is 3.66. The van der Waals surface area contributed by atoms with E-state index >= 15 is 0 Å². The monoisotopic (exact) mass is 239 g/mol. The second kappa shape index (κ2) is 6.70. The Hall–Kier alpha value is -1.82. The van der Waals surface area contributed by atoms with Crippen molar-refractivity contribution in [3.05, 3.63) is 24.2 Å². The van der Waals surface area contributed by atoms with Gasteiger partial charge >= 0.3 is 6.03 Å². The Morgan fingerprint density at radius 3 is 2.82 bits per heavy atom. The normalized spacial score (nSPS) is 10.3. The number of carbonyl (C=O) groups excluding carboxylic acids is 2. The van der Waals surface area contributed by atoms with Crippen LogP contribution < -0.4 is 10.6 Å². The number of hydrogen-bond acceptors (Lipinski definition) is 4. The van der Waals surface area contributed by atoms with E-state index in [1.807, 2.05) is 6.07 Å². The number of likely N-dealkylation sites (N-methyl/N-ethyl adjacent to an activating group) is 1. The molecular formula is C11H17N3O3. The van der Waals surface area contributed by atoms with Crippen molar-refractivity contribution in [1.29, 1.82) is 0 Å². The first-order chi connectivity index (χ1) is 8.11. The van der Waals surface area contributed by atoms with Crippen molar-refractivity contribution in [2.75, 3.05) is 20.1 Å². The van der Waals surface area contributed by atoms with Crippen LogP contribution in [0, 0.1) is 0 Å². The topological polar surface area (TPSA) is 74.6 Å². The summed E-state index contributed by atoms with van der Waals surface area (Å²) >= 11 is 0. The van der Waals surface area contributed by atoms with Crippen LogP contribution in [0.2, 0.25) is 0 Å². The van der Waals surface area contributed by atoms with Gasteiger partial charge in [-0.3, -0.25) is 15.0 Å². The van der Waals surface area contributed by atoms with Gasteiger partial charge in [0.25, 0.3) is 0 Å². The molecule has 1 heterocycles. The zero-order valence-corrected chi connectivity index (χ0v) is 10.0. The molecule has 0 saturated carbocycles. The van der Waals surface area contributed by atoms with Gasteiger partial charge in [-0.1, -0.05) is 0 Å². The van der Waals surface area contributed by atoms with Crippen molar-refractivity contribution in [2.45, 2.75) is 13.5 Å². The van der Waals surface area contributed by atoms with E-state index in [4.69, 9.17) is 4.42 Å². The molecule has 3 amide bonds. The van der Waals surface area contributed by atoms with Crippen LogP contribution in [0.1, 0.15) is 12.7 Å². The molecule has 0 spiro atoms. The quantitative estimate of drug-likeness (QED) is 0.787. The standard InChI is InChI=1S/C11H17N3O3/c1-3-12-11(16)13-10(15)8-14(2)7-9-5-4-6-17-9/h4-6H,3,7-8H2,1-2H3,(H2,12,13,15,16). The van der Waals surface area contributed by atoms with Gasteiger partial charge in [0.15, 0.2) is 0 Å². The van der Waals surface area contributed by atoms with E-state index in [-0.39, 0.29) is 12.5 Å². The van der Waals surface area contributed by atoms with E-state index in [1.165, 1.54) is 0 Å². The Morgan fingerprint density at radius 2 is 2.24 bits per heavy atom. The lowest BCUT2D eigenvalue weighted by atomic mass is 10.4. The van der Waals surface area contributed by atoms with E-state index in [0.717, 1.165) is 5.76 Å². The molecule has 6 nitrogen and oxygen atoms in total. The third-order valence-corrected chi connectivity index (χ3v) is 2.01. The molecule has 0 aliphatic carbocycles. The maximum Gasteiger partial charge on any atom is 0.321 e.